The van der Waals surface area contributed by atoms with Crippen molar-refractivity contribution in [3.63, 3.8) is 0 Å². The summed E-state index contributed by atoms with van der Waals surface area (Å²) in [6, 6.07) is 7.80. The predicted molar refractivity (Wildman–Crippen MR) is 118 cm³/mol. The number of nitrogens with one attached hydrogen (secondary N) is 1. The molecule has 3 rings (SSSR count). The molecule has 1 aliphatic rings. The van der Waals surface area contributed by atoms with E-state index >= 15 is 0 Å². The van der Waals surface area contributed by atoms with Crippen LogP contribution < -0.4 is 9.62 Å². The van der Waals surface area contributed by atoms with Crippen molar-refractivity contribution in [2.45, 2.75) is 4.90 Å². The number of halogens is 2. The molecule has 0 bridgehead atoms. The summed E-state index contributed by atoms with van der Waals surface area (Å²) in [7, 11) is -4.27. The molecule has 9 nitrogen and oxygen atoms in total. The van der Waals surface area contributed by atoms with Crippen molar-refractivity contribution in [3.05, 3.63) is 71.5 Å². The number of esters is 1. The van der Waals surface area contributed by atoms with E-state index in [-0.39, 0.29) is 47.4 Å². The van der Waals surface area contributed by atoms with E-state index in [1.807, 2.05) is 0 Å². The number of rotatable bonds is 9. The number of hydrogen-bond donors (Lipinski definition) is 1. The van der Waals surface area contributed by atoms with Crippen molar-refractivity contribution in [2.24, 2.45) is 0 Å². The van der Waals surface area contributed by atoms with Crippen LogP contribution in [0.1, 0.15) is 10.4 Å². The summed E-state index contributed by atoms with van der Waals surface area (Å²) in [5.74, 6) is -1.85. The quantitative estimate of drug-likeness (QED) is 0.325. The minimum atomic E-state index is -4.27. The average molecular weight is 496 g/mol. The molecule has 1 fully saturated rings. The molecule has 0 aliphatic carbocycles. The fraction of sp³-hybridized carbons (Fsp3) is 0.190. The summed E-state index contributed by atoms with van der Waals surface area (Å²) in [6.45, 7) is 2.87. The second kappa shape index (κ2) is 10.0. The first-order valence-electron chi connectivity index (χ1n) is 9.59. The van der Waals surface area contributed by atoms with Gasteiger partial charge in [-0.15, -0.1) is 6.58 Å². The highest BCUT2D eigenvalue weighted by Crippen LogP contribution is 2.30. The van der Waals surface area contributed by atoms with Gasteiger partial charge < -0.3 is 10.1 Å². The van der Waals surface area contributed by atoms with Crippen molar-refractivity contribution in [2.75, 3.05) is 30.5 Å². The Bertz CT molecular complexity index is 1190. The van der Waals surface area contributed by atoms with E-state index in [1.165, 1.54) is 30.3 Å². The average Bonchev–Trinajstić information content (AvgIpc) is 3.10. The number of ether oxygens (including phenoxy) is 1. The zero-order chi connectivity index (χ0) is 24.2. The second-order valence-corrected chi connectivity index (χ2v) is 9.02. The molecular weight excluding hydrogens is 477 g/mol. The maximum atomic E-state index is 13.3. The molecule has 1 saturated heterocycles. The lowest BCUT2D eigenvalue weighted by Gasteiger charge is -2.24. The zero-order valence-electron chi connectivity index (χ0n) is 17.2. The van der Waals surface area contributed by atoms with Gasteiger partial charge in [0.25, 0.3) is 10.0 Å². The van der Waals surface area contributed by atoms with Crippen LogP contribution in [0.25, 0.3) is 0 Å². The molecule has 12 heteroatoms. The molecule has 2 aromatic rings. The first-order chi connectivity index (χ1) is 15.6. The summed E-state index contributed by atoms with van der Waals surface area (Å²) < 4.78 is 46.0. The van der Waals surface area contributed by atoms with E-state index in [2.05, 4.69) is 11.9 Å². The number of sulfonamides is 1. The molecule has 0 spiro atoms. The zero-order valence-corrected chi connectivity index (χ0v) is 18.7. The molecule has 0 radical (unpaired) electrons. The summed E-state index contributed by atoms with van der Waals surface area (Å²) in [5.41, 5.74) is 0.0711. The minimum Gasteiger partial charge on any atom is -0.460 e. The van der Waals surface area contributed by atoms with E-state index in [1.54, 1.807) is 0 Å². The van der Waals surface area contributed by atoms with Gasteiger partial charge >= 0.3 is 12.0 Å². The Balaban J connectivity index is 1.82. The van der Waals surface area contributed by atoms with Gasteiger partial charge in [-0.25, -0.2) is 22.4 Å². The summed E-state index contributed by atoms with van der Waals surface area (Å²) in [6.07, 6.45) is 1.35. The third-order valence-corrected chi connectivity index (χ3v) is 6.90. The van der Waals surface area contributed by atoms with Crippen LogP contribution in [0.2, 0.25) is 5.02 Å². The summed E-state index contributed by atoms with van der Waals surface area (Å²) >= 11 is 6.13. The molecule has 1 aliphatic heterocycles. The standard InChI is InChI=1S/C21H19ClFN3O6S/c1-2-9-26(16-6-4-15(23)5-7-16)33(30,31)18-12-14(3-8-17(18)22)20(28)32-11-10-25-19(27)13-24-21(25)29/h2-8,12H,1,9-11,13H2,(H,24,29). The molecule has 1 N–H and O–H groups in total. The summed E-state index contributed by atoms with van der Waals surface area (Å²) in [4.78, 5) is 36.1. The third kappa shape index (κ3) is 5.32. The Hall–Kier alpha value is -3.44. The lowest BCUT2D eigenvalue weighted by molar-refractivity contribution is -0.125. The molecule has 0 saturated carbocycles. The number of amides is 3. The summed E-state index contributed by atoms with van der Waals surface area (Å²) in [5, 5.41) is 2.20. The SMILES string of the molecule is C=CCN(c1ccc(F)cc1)S(=O)(=O)c1cc(C(=O)OCCN2C(=O)CNC2=O)ccc1Cl. The second-order valence-electron chi connectivity index (χ2n) is 6.79. The van der Waals surface area contributed by atoms with Gasteiger partial charge in [0.1, 0.15) is 17.3 Å². The number of nitrogens with zero attached hydrogens (tertiary/aromatic N) is 2. The number of urea groups is 1. The lowest BCUT2D eigenvalue weighted by Crippen LogP contribution is -2.34. The monoisotopic (exact) mass is 495 g/mol. The van der Waals surface area contributed by atoms with Gasteiger partial charge in [0.15, 0.2) is 0 Å². The first kappa shape index (κ1) is 24.2. The predicted octanol–water partition coefficient (Wildman–Crippen LogP) is 2.57. The van der Waals surface area contributed by atoms with Gasteiger partial charge in [0, 0.05) is 0 Å². The number of carbonyl (C=O) groups is 3. The largest absolute Gasteiger partial charge is 0.460 e. The molecular formula is C21H19ClFN3O6S. The first-order valence-corrected chi connectivity index (χ1v) is 11.4. The number of benzene rings is 2. The number of imide groups is 1. The van der Waals surface area contributed by atoms with Crippen molar-refractivity contribution in [3.8, 4) is 0 Å². The van der Waals surface area contributed by atoms with E-state index in [0.29, 0.717) is 0 Å². The maximum Gasteiger partial charge on any atom is 0.338 e. The van der Waals surface area contributed by atoms with Crippen LogP contribution >= 0.6 is 11.6 Å². The lowest BCUT2D eigenvalue weighted by atomic mass is 10.2. The molecule has 0 atom stereocenters. The van der Waals surface area contributed by atoms with Crippen molar-refractivity contribution in [1.82, 2.24) is 10.2 Å². The highest BCUT2D eigenvalue weighted by atomic mass is 35.5. The molecule has 0 unspecified atom stereocenters. The topological polar surface area (TPSA) is 113 Å². The van der Waals surface area contributed by atoms with Gasteiger partial charge in [-0.05, 0) is 42.5 Å². The van der Waals surface area contributed by atoms with Gasteiger partial charge in [0.2, 0.25) is 5.91 Å². The van der Waals surface area contributed by atoms with Gasteiger partial charge in [0.05, 0.1) is 35.9 Å². The van der Waals surface area contributed by atoms with E-state index < -0.39 is 33.7 Å². The van der Waals surface area contributed by atoms with Crippen LogP contribution in [-0.4, -0.2) is 57.5 Å². The highest BCUT2D eigenvalue weighted by Gasteiger charge is 2.29. The Morgan fingerprint density at radius 2 is 1.94 bits per heavy atom. The van der Waals surface area contributed by atoms with Gasteiger partial charge in [-0.3, -0.25) is 14.0 Å². The van der Waals surface area contributed by atoms with Crippen molar-refractivity contribution >= 4 is 45.2 Å². The minimum absolute atomic E-state index is 0.104. The van der Waals surface area contributed by atoms with Crippen molar-refractivity contribution < 1.29 is 31.9 Å². The van der Waals surface area contributed by atoms with Crippen LogP contribution in [0.4, 0.5) is 14.9 Å². The van der Waals surface area contributed by atoms with Crippen LogP contribution in [-0.2, 0) is 19.6 Å². The third-order valence-electron chi connectivity index (χ3n) is 4.63. The molecule has 0 aromatic heterocycles. The molecule has 3 amide bonds. The normalized spacial score (nSPS) is 13.6. The van der Waals surface area contributed by atoms with Crippen LogP contribution in [0.5, 0.6) is 0 Å². The van der Waals surface area contributed by atoms with Crippen molar-refractivity contribution in [1.29, 1.82) is 0 Å². The van der Waals surface area contributed by atoms with E-state index in [4.69, 9.17) is 16.3 Å². The molecule has 33 heavy (non-hydrogen) atoms. The molecule has 174 valence electrons. The smallest absolute Gasteiger partial charge is 0.338 e. The number of hydrogen-bond acceptors (Lipinski definition) is 6. The fourth-order valence-electron chi connectivity index (χ4n) is 3.01. The van der Waals surface area contributed by atoms with Crippen LogP contribution in [0, 0.1) is 5.82 Å². The molecule has 2 aromatic carbocycles. The number of carbonyl (C=O) groups excluding carboxylic acids is 3. The Kier molecular flexibility index (Phi) is 7.34. The Morgan fingerprint density at radius 3 is 2.55 bits per heavy atom. The van der Waals surface area contributed by atoms with Crippen LogP contribution in [0.3, 0.4) is 0 Å². The maximum absolute atomic E-state index is 13.3. The van der Waals surface area contributed by atoms with Gasteiger partial charge in [-0.2, -0.15) is 0 Å². The Morgan fingerprint density at radius 1 is 1.24 bits per heavy atom. The highest BCUT2D eigenvalue weighted by molar-refractivity contribution is 7.93. The van der Waals surface area contributed by atoms with Gasteiger partial charge in [-0.1, -0.05) is 17.7 Å². The van der Waals surface area contributed by atoms with E-state index in [0.717, 1.165) is 27.4 Å². The fourth-order valence-corrected chi connectivity index (χ4v) is 4.95. The van der Waals surface area contributed by atoms with E-state index in [9.17, 15) is 27.2 Å². The number of anilines is 1. The molecule has 1 heterocycles. The van der Waals surface area contributed by atoms with Crippen LogP contribution in [0.15, 0.2) is 60.0 Å². The Labute approximate surface area is 194 Å².